The molecule has 0 aliphatic heterocycles. The molecule has 1 aromatic heterocycles. The molecule has 0 saturated heterocycles. The molecule has 22 heavy (non-hydrogen) atoms. The molecule has 0 unspecified atom stereocenters. The van der Waals surface area contributed by atoms with Crippen LogP contribution in [-0.2, 0) is 4.79 Å². The first-order valence-electron chi connectivity index (χ1n) is 6.89. The average molecular weight is 325 g/mol. The SMILES string of the molecule is Cc1n[nH]c(C)c1NC(=O)CN[C@H](C)c1c(F)cccc1Cl. The highest BCUT2D eigenvalue weighted by atomic mass is 35.5. The van der Waals surface area contributed by atoms with Gasteiger partial charge in [-0.05, 0) is 32.9 Å². The van der Waals surface area contributed by atoms with Crippen LogP contribution in [0.3, 0.4) is 0 Å². The van der Waals surface area contributed by atoms with E-state index in [-0.39, 0.29) is 18.5 Å². The fraction of sp³-hybridized carbons (Fsp3) is 0.333. The predicted molar refractivity (Wildman–Crippen MR) is 84.5 cm³/mol. The van der Waals surface area contributed by atoms with Crippen molar-refractivity contribution in [1.29, 1.82) is 0 Å². The van der Waals surface area contributed by atoms with Crippen LogP contribution in [-0.4, -0.2) is 22.6 Å². The Labute approximate surface area is 133 Å². The second-order valence-electron chi connectivity index (χ2n) is 5.10. The first-order chi connectivity index (χ1) is 10.4. The number of benzene rings is 1. The van der Waals surface area contributed by atoms with Gasteiger partial charge in [-0.15, -0.1) is 0 Å². The molecule has 0 radical (unpaired) electrons. The van der Waals surface area contributed by atoms with Gasteiger partial charge in [0.25, 0.3) is 0 Å². The smallest absolute Gasteiger partial charge is 0.238 e. The van der Waals surface area contributed by atoms with Gasteiger partial charge in [-0.25, -0.2) is 4.39 Å². The van der Waals surface area contributed by atoms with Crippen molar-refractivity contribution in [2.24, 2.45) is 0 Å². The van der Waals surface area contributed by atoms with E-state index in [9.17, 15) is 9.18 Å². The van der Waals surface area contributed by atoms with Crippen LogP contribution in [0.2, 0.25) is 5.02 Å². The molecule has 3 N–H and O–H groups in total. The molecule has 0 aliphatic carbocycles. The second-order valence-corrected chi connectivity index (χ2v) is 5.50. The first kappa shape index (κ1) is 16.5. The number of aromatic nitrogens is 2. The Morgan fingerprint density at radius 3 is 2.77 bits per heavy atom. The lowest BCUT2D eigenvalue weighted by atomic mass is 10.1. The van der Waals surface area contributed by atoms with Crippen molar-refractivity contribution in [3.8, 4) is 0 Å². The molecule has 0 saturated carbocycles. The van der Waals surface area contributed by atoms with Gasteiger partial charge in [-0.3, -0.25) is 9.89 Å². The summed E-state index contributed by atoms with van der Waals surface area (Å²) >= 11 is 6.00. The van der Waals surface area contributed by atoms with Gasteiger partial charge in [-0.1, -0.05) is 17.7 Å². The molecule has 0 spiro atoms. The van der Waals surface area contributed by atoms with Crippen molar-refractivity contribution in [3.05, 3.63) is 46.0 Å². The average Bonchev–Trinajstić information content (AvgIpc) is 2.77. The number of rotatable bonds is 5. The van der Waals surface area contributed by atoms with Crippen LogP contribution in [0.4, 0.5) is 10.1 Å². The van der Waals surface area contributed by atoms with Gasteiger partial charge < -0.3 is 10.6 Å². The predicted octanol–water partition coefficient (Wildman–Crippen LogP) is 3.11. The summed E-state index contributed by atoms with van der Waals surface area (Å²) in [5.41, 5.74) is 2.53. The highest BCUT2D eigenvalue weighted by Gasteiger charge is 2.16. The molecule has 2 rings (SSSR count). The molecule has 7 heteroatoms. The third-order valence-electron chi connectivity index (χ3n) is 3.39. The quantitative estimate of drug-likeness (QED) is 0.791. The van der Waals surface area contributed by atoms with Crippen molar-refractivity contribution in [2.45, 2.75) is 26.8 Å². The third-order valence-corrected chi connectivity index (χ3v) is 3.72. The van der Waals surface area contributed by atoms with Crippen molar-refractivity contribution in [3.63, 3.8) is 0 Å². The van der Waals surface area contributed by atoms with E-state index in [1.165, 1.54) is 6.07 Å². The molecule has 1 heterocycles. The number of carbonyl (C=O) groups excluding carboxylic acids is 1. The Kier molecular flexibility index (Phi) is 5.15. The molecule has 118 valence electrons. The number of H-pyrrole nitrogens is 1. The van der Waals surface area contributed by atoms with Crippen LogP contribution in [0, 0.1) is 19.7 Å². The van der Waals surface area contributed by atoms with E-state index >= 15 is 0 Å². The number of carbonyl (C=O) groups is 1. The van der Waals surface area contributed by atoms with Crippen LogP contribution in [0.25, 0.3) is 0 Å². The molecular formula is C15H18ClFN4O. The van der Waals surface area contributed by atoms with Gasteiger partial charge in [0, 0.05) is 16.6 Å². The molecule has 5 nitrogen and oxygen atoms in total. The summed E-state index contributed by atoms with van der Waals surface area (Å²) in [6.45, 7) is 5.42. The Bertz CT molecular complexity index is 646. The number of nitrogens with zero attached hydrogens (tertiary/aromatic N) is 1. The number of nitrogens with one attached hydrogen (secondary N) is 3. The zero-order valence-corrected chi connectivity index (χ0v) is 13.4. The lowest BCUT2D eigenvalue weighted by Crippen LogP contribution is -2.30. The van der Waals surface area contributed by atoms with Crippen molar-refractivity contribution in [1.82, 2.24) is 15.5 Å². The van der Waals surface area contributed by atoms with E-state index in [1.807, 2.05) is 6.92 Å². The zero-order valence-electron chi connectivity index (χ0n) is 12.6. The minimum Gasteiger partial charge on any atom is -0.322 e. The third kappa shape index (κ3) is 3.64. The molecule has 2 aromatic rings. The summed E-state index contributed by atoms with van der Waals surface area (Å²) in [6.07, 6.45) is 0. The van der Waals surface area contributed by atoms with Crippen LogP contribution < -0.4 is 10.6 Å². The van der Waals surface area contributed by atoms with Crippen molar-refractivity contribution < 1.29 is 9.18 Å². The van der Waals surface area contributed by atoms with Crippen LogP contribution in [0.5, 0.6) is 0 Å². The number of amides is 1. The summed E-state index contributed by atoms with van der Waals surface area (Å²) in [5, 5.41) is 12.9. The fourth-order valence-electron chi connectivity index (χ4n) is 2.19. The Hall–Kier alpha value is -1.92. The first-order valence-corrected chi connectivity index (χ1v) is 7.26. The molecule has 0 aliphatic rings. The van der Waals surface area contributed by atoms with Gasteiger partial charge in [0.15, 0.2) is 0 Å². The minimum absolute atomic E-state index is 0.0376. The zero-order chi connectivity index (χ0) is 16.3. The molecule has 1 atom stereocenters. The summed E-state index contributed by atoms with van der Waals surface area (Å²) < 4.78 is 13.8. The van der Waals surface area contributed by atoms with E-state index in [4.69, 9.17) is 11.6 Å². The van der Waals surface area contributed by atoms with E-state index in [0.29, 0.717) is 16.3 Å². The topological polar surface area (TPSA) is 69.8 Å². The summed E-state index contributed by atoms with van der Waals surface area (Å²) in [6, 6.07) is 4.13. The number of aryl methyl sites for hydroxylation is 2. The van der Waals surface area contributed by atoms with E-state index in [1.54, 1.807) is 26.0 Å². The second kappa shape index (κ2) is 6.89. The van der Waals surface area contributed by atoms with E-state index in [0.717, 1.165) is 11.4 Å². The van der Waals surface area contributed by atoms with Gasteiger partial charge in [-0.2, -0.15) is 5.10 Å². The molecular weight excluding hydrogens is 307 g/mol. The highest BCUT2D eigenvalue weighted by molar-refractivity contribution is 6.31. The lowest BCUT2D eigenvalue weighted by molar-refractivity contribution is -0.115. The largest absolute Gasteiger partial charge is 0.322 e. The molecule has 1 amide bonds. The summed E-state index contributed by atoms with van der Waals surface area (Å²) in [7, 11) is 0. The van der Waals surface area contributed by atoms with Gasteiger partial charge in [0.1, 0.15) is 5.82 Å². The van der Waals surface area contributed by atoms with E-state index < -0.39 is 5.82 Å². The molecule has 1 aromatic carbocycles. The minimum atomic E-state index is -0.394. The van der Waals surface area contributed by atoms with Crippen LogP contribution in [0.15, 0.2) is 18.2 Å². The monoisotopic (exact) mass is 324 g/mol. The van der Waals surface area contributed by atoms with Crippen LogP contribution >= 0.6 is 11.6 Å². The van der Waals surface area contributed by atoms with Crippen molar-refractivity contribution in [2.75, 3.05) is 11.9 Å². The lowest BCUT2D eigenvalue weighted by Gasteiger charge is -2.16. The summed E-state index contributed by atoms with van der Waals surface area (Å²) in [4.78, 5) is 12.0. The Balaban J connectivity index is 1.96. The number of hydrogen-bond acceptors (Lipinski definition) is 3. The molecule has 0 bridgehead atoms. The van der Waals surface area contributed by atoms with Crippen LogP contribution in [0.1, 0.15) is 29.9 Å². The Morgan fingerprint density at radius 1 is 1.45 bits per heavy atom. The number of hydrogen-bond donors (Lipinski definition) is 3. The maximum Gasteiger partial charge on any atom is 0.238 e. The number of halogens is 2. The molecule has 0 fully saturated rings. The standard InChI is InChI=1S/C15H18ClFN4O/c1-8(14-11(16)5-4-6-12(14)17)18-7-13(22)19-15-9(2)20-21-10(15)3/h4-6,8,18H,7H2,1-3H3,(H,19,22)(H,20,21)/t8-/m1/s1. The normalized spacial score (nSPS) is 12.2. The maximum absolute atomic E-state index is 13.8. The number of anilines is 1. The maximum atomic E-state index is 13.8. The number of aromatic amines is 1. The van der Waals surface area contributed by atoms with Gasteiger partial charge in [0.05, 0.1) is 23.6 Å². The van der Waals surface area contributed by atoms with E-state index in [2.05, 4.69) is 20.8 Å². The van der Waals surface area contributed by atoms with Gasteiger partial charge in [0.2, 0.25) is 5.91 Å². The summed E-state index contributed by atoms with van der Waals surface area (Å²) in [5.74, 6) is -0.624. The highest BCUT2D eigenvalue weighted by Crippen LogP contribution is 2.25. The van der Waals surface area contributed by atoms with Gasteiger partial charge >= 0.3 is 0 Å². The Morgan fingerprint density at radius 2 is 2.18 bits per heavy atom. The van der Waals surface area contributed by atoms with Crippen molar-refractivity contribution >= 4 is 23.2 Å². The fourth-order valence-corrected chi connectivity index (χ4v) is 2.52.